The number of rotatable bonds is 3. The van der Waals surface area contributed by atoms with Crippen LogP contribution >= 0.6 is 11.3 Å². The van der Waals surface area contributed by atoms with Crippen LogP contribution in [0.25, 0.3) is 92.1 Å². The van der Waals surface area contributed by atoms with Gasteiger partial charge >= 0.3 is 0 Å². The minimum Gasteiger partial charge on any atom is -0.435 e. The van der Waals surface area contributed by atoms with Gasteiger partial charge in [0.15, 0.2) is 5.58 Å². The van der Waals surface area contributed by atoms with E-state index in [9.17, 15) is 0 Å². The van der Waals surface area contributed by atoms with Crippen molar-refractivity contribution in [1.82, 2.24) is 9.55 Å². The Bertz CT molecular complexity index is 2750. The number of para-hydroxylation sites is 1. The molecule has 0 aliphatic rings. The van der Waals surface area contributed by atoms with Crippen LogP contribution in [0.5, 0.6) is 0 Å². The van der Waals surface area contributed by atoms with Crippen molar-refractivity contribution < 1.29 is 4.42 Å². The van der Waals surface area contributed by atoms with E-state index in [2.05, 4.69) is 150 Å². The zero-order valence-electron chi connectivity index (χ0n) is 24.1. The smallest absolute Gasteiger partial charge is 0.227 e. The monoisotopic (exact) mass is 592 g/mol. The molecule has 45 heavy (non-hydrogen) atoms. The average Bonchev–Trinajstić information content (AvgIpc) is 3.80. The van der Waals surface area contributed by atoms with Crippen LogP contribution in [-0.2, 0) is 0 Å². The summed E-state index contributed by atoms with van der Waals surface area (Å²) in [6.45, 7) is 0. The maximum absolute atomic E-state index is 6.51. The molecule has 210 valence electrons. The molecule has 10 rings (SSSR count). The van der Waals surface area contributed by atoms with Gasteiger partial charge in [-0.15, -0.1) is 11.3 Å². The van der Waals surface area contributed by atoms with E-state index in [1.165, 1.54) is 58.5 Å². The third-order valence-electron chi connectivity index (χ3n) is 9.03. The van der Waals surface area contributed by atoms with Gasteiger partial charge in [-0.25, -0.2) is 4.98 Å². The van der Waals surface area contributed by atoms with Gasteiger partial charge in [-0.05, 0) is 71.1 Å². The molecule has 0 fully saturated rings. The molecule has 0 amide bonds. The first kappa shape index (κ1) is 24.7. The molecular formula is C41H24N2OS. The molecule has 0 aliphatic heterocycles. The number of thiophene rings is 1. The van der Waals surface area contributed by atoms with E-state index >= 15 is 0 Å². The second-order valence-corrected chi connectivity index (χ2v) is 12.6. The minimum absolute atomic E-state index is 0.638. The highest BCUT2D eigenvalue weighted by atomic mass is 32.1. The van der Waals surface area contributed by atoms with Gasteiger partial charge in [-0.3, -0.25) is 0 Å². The Morgan fingerprint density at radius 3 is 2.09 bits per heavy atom. The standard InChI is InChI=1S/C41H24N2OS/c1-2-10-25(11-3-1)32-24-33-29-13-6-8-16-35(29)43(39(33)30-14-5-4-12-28(30)32)27-20-18-26(19-21-27)41-42-34-22-23-37-38(40(34)44-41)31-15-7-9-17-36(31)45-37/h1-24H. The molecule has 4 heteroatoms. The Kier molecular flexibility index (Phi) is 5.16. The minimum atomic E-state index is 0.638. The molecule has 10 aromatic rings. The second kappa shape index (κ2) is 9.39. The van der Waals surface area contributed by atoms with Gasteiger partial charge in [0.2, 0.25) is 5.89 Å². The molecule has 0 aliphatic carbocycles. The van der Waals surface area contributed by atoms with Gasteiger partial charge in [0, 0.05) is 47.6 Å². The van der Waals surface area contributed by atoms with Crippen LogP contribution in [0.15, 0.2) is 150 Å². The third-order valence-corrected chi connectivity index (χ3v) is 10.2. The summed E-state index contributed by atoms with van der Waals surface area (Å²) in [6.07, 6.45) is 0. The number of aromatic nitrogens is 2. The van der Waals surface area contributed by atoms with Crippen LogP contribution in [-0.4, -0.2) is 9.55 Å². The van der Waals surface area contributed by atoms with Crippen LogP contribution < -0.4 is 0 Å². The lowest BCUT2D eigenvalue weighted by Gasteiger charge is -2.13. The van der Waals surface area contributed by atoms with Gasteiger partial charge in [0.05, 0.1) is 11.0 Å². The van der Waals surface area contributed by atoms with E-state index in [0.29, 0.717) is 5.89 Å². The van der Waals surface area contributed by atoms with Crippen molar-refractivity contribution >= 4 is 75.2 Å². The summed E-state index contributed by atoms with van der Waals surface area (Å²) in [5, 5.41) is 7.34. The van der Waals surface area contributed by atoms with Crippen LogP contribution in [0.4, 0.5) is 0 Å². The lowest BCUT2D eigenvalue weighted by molar-refractivity contribution is 0.623. The fraction of sp³-hybridized carbons (Fsp3) is 0. The summed E-state index contributed by atoms with van der Waals surface area (Å²) >= 11 is 1.79. The largest absolute Gasteiger partial charge is 0.435 e. The summed E-state index contributed by atoms with van der Waals surface area (Å²) in [5.41, 5.74) is 8.67. The summed E-state index contributed by atoms with van der Waals surface area (Å²) in [7, 11) is 0. The van der Waals surface area contributed by atoms with Gasteiger partial charge in [0.25, 0.3) is 0 Å². The summed E-state index contributed by atoms with van der Waals surface area (Å²) in [6, 6.07) is 51.9. The van der Waals surface area contributed by atoms with E-state index < -0.39 is 0 Å². The van der Waals surface area contributed by atoms with Crippen molar-refractivity contribution in [2.45, 2.75) is 0 Å². The molecule has 0 saturated heterocycles. The lowest BCUT2D eigenvalue weighted by atomic mass is 9.95. The third kappa shape index (κ3) is 3.60. The fourth-order valence-corrected chi connectivity index (χ4v) is 8.12. The van der Waals surface area contributed by atoms with E-state index in [4.69, 9.17) is 9.40 Å². The molecule has 0 radical (unpaired) electrons. The van der Waals surface area contributed by atoms with Crippen molar-refractivity contribution in [3.63, 3.8) is 0 Å². The van der Waals surface area contributed by atoms with E-state index in [1.54, 1.807) is 11.3 Å². The summed E-state index contributed by atoms with van der Waals surface area (Å²) < 4.78 is 11.4. The maximum atomic E-state index is 6.51. The summed E-state index contributed by atoms with van der Waals surface area (Å²) in [5.74, 6) is 0.638. The van der Waals surface area contributed by atoms with Crippen LogP contribution in [0.2, 0.25) is 0 Å². The van der Waals surface area contributed by atoms with Crippen LogP contribution in [0.1, 0.15) is 0 Å². The average molecular weight is 593 g/mol. The molecule has 0 saturated carbocycles. The first-order chi connectivity index (χ1) is 22.3. The van der Waals surface area contributed by atoms with Gasteiger partial charge in [0.1, 0.15) is 5.52 Å². The van der Waals surface area contributed by atoms with Crippen molar-refractivity contribution in [1.29, 1.82) is 0 Å². The fourth-order valence-electron chi connectivity index (χ4n) is 7.02. The predicted molar refractivity (Wildman–Crippen MR) is 190 cm³/mol. The highest BCUT2D eigenvalue weighted by Gasteiger charge is 2.19. The highest BCUT2D eigenvalue weighted by molar-refractivity contribution is 7.26. The van der Waals surface area contributed by atoms with Gasteiger partial charge in [-0.2, -0.15) is 0 Å². The Labute approximate surface area is 262 Å². The first-order valence-electron chi connectivity index (χ1n) is 15.1. The molecule has 3 aromatic heterocycles. The molecule has 0 bridgehead atoms. The first-order valence-corrected chi connectivity index (χ1v) is 16.0. The molecule has 0 N–H and O–H groups in total. The van der Waals surface area contributed by atoms with Crippen molar-refractivity contribution in [2.75, 3.05) is 0 Å². The Morgan fingerprint density at radius 2 is 1.24 bits per heavy atom. The Morgan fingerprint density at radius 1 is 0.533 bits per heavy atom. The SMILES string of the molecule is c1ccc(-c2cc3c4ccccc4n(-c4ccc(-c5nc6ccc7sc8ccccc8c7c6o5)cc4)c3c3ccccc23)cc1. The topological polar surface area (TPSA) is 31.0 Å². The Balaban J connectivity index is 1.17. The number of hydrogen-bond donors (Lipinski definition) is 0. The zero-order chi connectivity index (χ0) is 29.5. The molecule has 0 atom stereocenters. The zero-order valence-corrected chi connectivity index (χ0v) is 24.9. The molecule has 3 heterocycles. The molecule has 3 nitrogen and oxygen atoms in total. The maximum Gasteiger partial charge on any atom is 0.227 e. The number of nitrogens with zero attached hydrogens (tertiary/aromatic N) is 2. The van der Waals surface area contributed by atoms with Crippen molar-refractivity contribution in [3.8, 4) is 28.3 Å². The molecule has 0 spiro atoms. The number of hydrogen-bond acceptors (Lipinski definition) is 3. The highest BCUT2D eigenvalue weighted by Crippen LogP contribution is 2.42. The van der Waals surface area contributed by atoms with Crippen LogP contribution in [0, 0.1) is 0 Å². The van der Waals surface area contributed by atoms with E-state index in [1.807, 2.05) is 0 Å². The lowest BCUT2D eigenvalue weighted by Crippen LogP contribution is -1.95. The van der Waals surface area contributed by atoms with E-state index in [-0.39, 0.29) is 0 Å². The molecule has 7 aromatic carbocycles. The van der Waals surface area contributed by atoms with Gasteiger partial charge in [-0.1, -0.05) is 91.0 Å². The quantitative estimate of drug-likeness (QED) is 0.204. The predicted octanol–water partition coefficient (Wildman–Crippen LogP) is 11.8. The van der Waals surface area contributed by atoms with Crippen molar-refractivity contribution in [3.05, 3.63) is 146 Å². The normalized spacial score (nSPS) is 12.0. The van der Waals surface area contributed by atoms with E-state index in [0.717, 1.165) is 27.7 Å². The molecule has 0 unspecified atom stereocenters. The number of benzene rings is 7. The Hall–Kier alpha value is -5.71. The second-order valence-electron chi connectivity index (χ2n) is 11.5. The molecular weight excluding hydrogens is 569 g/mol. The van der Waals surface area contributed by atoms with Gasteiger partial charge < -0.3 is 8.98 Å². The van der Waals surface area contributed by atoms with Crippen molar-refractivity contribution in [2.24, 2.45) is 0 Å². The number of oxazole rings is 1. The summed E-state index contributed by atoms with van der Waals surface area (Å²) in [4.78, 5) is 4.92. The number of fused-ring (bicyclic) bond motifs is 10. The van der Waals surface area contributed by atoms with Crippen LogP contribution in [0.3, 0.4) is 0 Å².